The Labute approximate surface area is 345 Å². The Bertz CT molecular complexity index is 2130. The van der Waals surface area contributed by atoms with Gasteiger partial charge in [0.15, 0.2) is 0 Å². The number of fused-ring (bicyclic) bond motifs is 5. The van der Waals surface area contributed by atoms with E-state index in [9.17, 15) is 24.0 Å². The van der Waals surface area contributed by atoms with Crippen LogP contribution in [-0.4, -0.2) is 81.6 Å². The second-order valence-electron chi connectivity index (χ2n) is 19.4. The minimum atomic E-state index is -0.613. The van der Waals surface area contributed by atoms with E-state index in [2.05, 4.69) is 59.0 Å². The number of nitrogens with one attached hydrogen (secondary N) is 2. The van der Waals surface area contributed by atoms with Crippen molar-refractivity contribution in [3.8, 4) is 5.75 Å². The molecule has 2 N–H and O–H groups in total. The molecule has 4 saturated carbocycles. The average Bonchev–Trinajstić information content (AvgIpc) is 3.78. The third-order valence-electron chi connectivity index (χ3n) is 15.4. The van der Waals surface area contributed by atoms with Crippen molar-refractivity contribution in [3.63, 3.8) is 0 Å². The number of nitrogens with zero attached hydrogens (tertiary/aromatic N) is 4. The summed E-state index contributed by atoms with van der Waals surface area (Å²) in [5, 5.41) is 6.22. The summed E-state index contributed by atoms with van der Waals surface area (Å²) in [6.07, 6.45) is 6.65. The summed E-state index contributed by atoms with van der Waals surface area (Å²) in [7, 11) is 0. The van der Waals surface area contributed by atoms with Crippen molar-refractivity contribution in [3.05, 3.63) is 69.0 Å². The van der Waals surface area contributed by atoms with E-state index in [0.717, 1.165) is 88.7 Å². The molecule has 0 aromatic heterocycles. The first-order chi connectivity index (χ1) is 27.5. The van der Waals surface area contributed by atoms with Gasteiger partial charge in [-0.15, -0.1) is 0 Å². The van der Waals surface area contributed by atoms with Crippen molar-refractivity contribution in [2.45, 2.75) is 136 Å². The molecule has 2 aromatic rings. The number of amides is 5. The van der Waals surface area contributed by atoms with Gasteiger partial charge in [-0.05, 0) is 92.7 Å². The number of hydrogen-bond acceptors (Lipinski definition) is 7. The topological polar surface area (TPSA) is 133 Å². The van der Waals surface area contributed by atoms with Crippen LogP contribution in [0.15, 0.2) is 30.3 Å². The molecular weight excluding hydrogens is 756 g/mol. The van der Waals surface area contributed by atoms with Crippen LogP contribution in [0.5, 0.6) is 5.75 Å². The SMILES string of the molecule is [C-]#[N+]c1ccc(OC2C(C)(C)C(NC(=O)C34CCC(C(=O)N5CCC(N6Cc7cc8c(cc7C6)C(=O)N(C6CCC(=O)NC6=O)C8)CC5)(CC3)CC4)C2(C)C)cc1Cl. The van der Waals surface area contributed by atoms with Crippen molar-refractivity contribution in [1.82, 2.24) is 25.3 Å². The maximum atomic E-state index is 14.3. The zero-order valence-corrected chi connectivity index (χ0v) is 34.7. The lowest BCUT2D eigenvalue weighted by Gasteiger charge is -2.64. The molecule has 8 aliphatic rings. The molecule has 6 fully saturated rings. The summed E-state index contributed by atoms with van der Waals surface area (Å²) >= 11 is 6.30. The molecule has 0 radical (unpaired) electrons. The lowest BCUT2D eigenvalue weighted by molar-refractivity contribution is -0.181. The highest BCUT2D eigenvalue weighted by Gasteiger charge is 2.65. The van der Waals surface area contributed by atoms with E-state index in [0.29, 0.717) is 41.0 Å². The third-order valence-corrected chi connectivity index (χ3v) is 15.8. The standard InChI is InChI=1S/C45H53ClN6O6/c1-42(2)38(43(3,4)39(42)58-30-6-7-33(47-5)32(46)22-30)49-40(56)44-12-15-45(16-13-44,17-14-44)41(57)50-18-10-29(11-19-50)51-23-26-20-28-25-52(34-8-9-35(53)48-36(34)54)37(55)31(28)21-27(26)24-51/h6-7,20-22,29,34,38-39H,8-19,23-25H2,1-4H3,(H,49,56)(H,48,53,54). The number of halogens is 1. The molecule has 4 aliphatic heterocycles. The van der Waals surface area contributed by atoms with E-state index in [1.807, 2.05) is 6.07 Å². The van der Waals surface area contributed by atoms with E-state index in [1.54, 1.807) is 23.1 Å². The Balaban J connectivity index is 0.768. The number of ether oxygens (including phenoxy) is 1. The number of piperidine rings is 2. The summed E-state index contributed by atoms with van der Waals surface area (Å²) < 4.78 is 6.46. The molecule has 4 aliphatic carbocycles. The Hall–Kier alpha value is -4.47. The molecule has 4 heterocycles. The first kappa shape index (κ1) is 39.0. The van der Waals surface area contributed by atoms with E-state index in [1.165, 1.54) is 5.56 Å². The fourth-order valence-corrected chi connectivity index (χ4v) is 12.5. The van der Waals surface area contributed by atoms with Crippen LogP contribution in [0.3, 0.4) is 0 Å². The fourth-order valence-electron chi connectivity index (χ4n) is 12.2. The lowest BCUT2D eigenvalue weighted by Crippen LogP contribution is -2.75. The number of likely N-dealkylation sites (tertiary alicyclic amines) is 1. The molecule has 1 atom stereocenters. The second kappa shape index (κ2) is 13.8. The first-order valence-corrected chi connectivity index (χ1v) is 21.4. The second-order valence-corrected chi connectivity index (χ2v) is 19.8. The fraction of sp³-hybridized carbons (Fsp3) is 0.600. The number of rotatable bonds is 7. The summed E-state index contributed by atoms with van der Waals surface area (Å²) in [5.74, 6) is 0.172. The van der Waals surface area contributed by atoms with Gasteiger partial charge in [-0.2, -0.15) is 0 Å². The molecule has 0 spiro atoms. The first-order valence-electron chi connectivity index (χ1n) is 21.0. The quantitative estimate of drug-likeness (QED) is 0.248. The Morgan fingerprint density at radius 3 is 2.12 bits per heavy atom. The Kier molecular flexibility index (Phi) is 9.28. The summed E-state index contributed by atoms with van der Waals surface area (Å²) in [6.45, 7) is 19.2. The number of benzene rings is 2. The largest absolute Gasteiger partial charge is 0.489 e. The van der Waals surface area contributed by atoms with Gasteiger partial charge < -0.3 is 19.9 Å². The van der Waals surface area contributed by atoms with E-state index in [4.69, 9.17) is 22.9 Å². The molecular formula is C45H53ClN6O6. The monoisotopic (exact) mass is 808 g/mol. The van der Waals surface area contributed by atoms with E-state index >= 15 is 0 Å². The molecule has 2 aromatic carbocycles. The molecule has 58 heavy (non-hydrogen) atoms. The number of carbonyl (C=O) groups excluding carboxylic acids is 5. The van der Waals surface area contributed by atoms with Crippen molar-refractivity contribution >= 4 is 46.8 Å². The maximum absolute atomic E-state index is 14.3. The van der Waals surface area contributed by atoms with Gasteiger partial charge in [0.05, 0.1) is 11.6 Å². The minimum Gasteiger partial charge on any atom is -0.489 e. The summed E-state index contributed by atoms with van der Waals surface area (Å²) in [6, 6.07) is 8.93. The van der Waals surface area contributed by atoms with Crippen LogP contribution in [0.4, 0.5) is 5.69 Å². The molecule has 2 saturated heterocycles. The third kappa shape index (κ3) is 6.13. The number of imide groups is 1. The van der Waals surface area contributed by atoms with Gasteiger partial charge >= 0.3 is 0 Å². The average molecular weight is 809 g/mol. The van der Waals surface area contributed by atoms with Gasteiger partial charge in [0, 0.05) is 78.5 Å². The molecule has 12 nitrogen and oxygen atoms in total. The van der Waals surface area contributed by atoms with Crippen LogP contribution >= 0.6 is 11.6 Å². The van der Waals surface area contributed by atoms with Gasteiger partial charge in [-0.25, -0.2) is 4.85 Å². The summed E-state index contributed by atoms with van der Waals surface area (Å²) in [4.78, 5) is 75.7. The van der Waals surface area contributed by atoms with E-state index in [-0.39, 0.29) is 58.4 Å². The van der Waals surface area contributed by atoms with Crippen LogP contribution in [0.25, 0.3) is 4.85 Å². The highest BCUT2D eigenvalue weighted by Crippen LogP contribution is 2.60. The van der Waals surface area contributed by atoms with Gasteiger partial charge in [0.25, 0.3) is 5.91 Å². The molecule has 10 rings (SSSR count). The minimum absolute atomic E-state index is 0.0940. The zero-order valence-electron chi connectivity index (χ0n) is 33.9. The predicted octanol–water partition coefficient (Wildman–Crippen LogP) is 6.30. The van der Waals surface area contributed by atoms with E-state index < -0.39 is 17.4 Å². The van der Waals surface area contributed by atoms with Crippen molar-refractivity contribution in [2.75, 3.05) is 13.1 Å². The van der Waals surface area contributed by atoms with Crippen LogP contribution in [-0.2, 0) is 38.8 Å². The van der Waals surface area contributed by atoms with Gasteiger partial charge in [-0.3, -0.25) is 34.2 Å². The molecule has 306 valence electrons. The predicted molar refractivity (Wildman–Crippen MR) is 216 cm³/mol. The Morgan fingerprint density at radius 1 is 0.862 bits per heavy atom. The van der Waals surface area contributed by atoms with Crippen LogP contribution in [0.1, 0.15) is 119 Å². The van der Waals surface area contributed by atoms with Gasteiger partial charge in [0.1, 0.15) is 17.9 Å². The van der Waals surface area contributed by atoms with Crippen molar-refractivity contribution in [2.24, 2.45) is 21.7 Å². The molecule has 5 amide bonds. The lowest BCUT2D eigenvalue weighted by atomic mass is 9.48. The molecule has 13 heteroatoms. The smallest absolute Gasteiger partial charge is 0.255 e. The number of carbonyl (C=O) groups is 5. The highest BCUT2D eigenvalue weighted by molar-refractivity contribution is 6.33. The molecule has 1 unspecified atom stereocenters. The van der Waals surface area contributed by atoms with Crippen molar-refractivity contribution < 1.29 is 28.7 Å². The molecule has 2 bridgehead atoms. The Morgan fingerprint density at radius 2 is 1.50 bits per heavy atom. The zero-order chi connectivity index (χ0) is 40.9. The van der Waals surface area contributed by atoms with Crippen molar-refractivity contribution in [1.29, 1.82) is 0 Å². The van der Waals surface area contributed by atoms with Crippen LogP contribution in [0, 0.1) is 28.2 Å². The van der Waals surface area contributed by atoms with Gasteiger partial charge in [-0.1, -0.05) is 51.4 Å². The van der Waals surface area contributed by atoms with Crippen LogP contribution < -0.4 is 15.4 Å². The number of hydrogen-bond donors (Lipinski definition) is 2. The maximum Gasteiger partial charge on any atom is 0.255 e. The van der Waals surface area contributed by atoms with Gasteiger partial charge in [0.2, 0.25) is 29.3 Å². The highest BCUT2D eigenvalue weighted by atomic mass is 35.5. The van der Waals surface area contributed by atoms with Crippen LogP contribution in [0.2, 0.25) is 5.02 Å². The summed E-state index contributed by atoms with van der Waals surface area (Å²) in [5.41, 5.74) is 2.85. The normalized spacial score (nSPS) is 31.2.